The monoisotopic (exact) mass is 741 g/mol. The second-order valence-corrected chi connectivity index (χ2v) is 14.7. The summed E-state index contributed by atoms with van der Waals surface area (Å²) in [6.07, 6.45) is 0. The van der Waals surface area contributed by atoms with Gasteiger partial charge in [0.15, 0.2) is 17.5 Å². The van der Waals surface area contributed by atoms with Gasteiger partial charge < -0.3 is 8.83 Å². The standard InChI is InChI=1S/C53H31N3O2/c1-2-12-32(13-3-1)34-27-29-46-44(31-34)49-40(19-10-22-47(49)58-46)39-16-6-7-17-41(39)52-54-51(36-26-28-38-35(30-36)25-24-33-14-4-5-15-37(33)38)55-53(56-52)43-20-11-23-48-50(43)42-18-8-9-21-45(42)57-48/h1-31H. The highest BCUT2D eigenvalue weighted by atomic mass is 16.3. The van der Waals surface area contributed by atoms with Crippen molar-refractivity contribution in [3.63, 3.8) is 0 Å². The Morgan fingerprint density at radius 3 is 1.69 bits per heavy atom. The molecule has 58 heavy (non-hydrogen) atoms. The zero-order valence-electron chi connectivity index (χ0n) is 31.1. The lowest BCUT2D eigenvalue weighted by molar-refractivity contribution is 0.668. The minimum atomic E-state index is 0.574. The van der Waals surface area contributed by atoms with Gasteiger partial charge in [-0.2, -0.15) is 0 Å². The fourth-order valence-corrected chi connectivity index (χ4v) is 8.63. The molecule has 0 aliphatic heterocycles. The highest BCUT2D eigenvalue weighted by Crippen LogP contribution is 2.42. The second-order valence-electron chi connectivity index (χ2n) is 14.7. The van der Waals surface area contributed by atoms with Gasteiger partial charge in [-0.25, -0.2) is 15.0 Å². The van der Waals surface area contributed by atoms with E-state index in [-0.39, 0.29) is 0 Å². The highest BCUT2D eigenvalue weighted by Gasteiger charge is 2.21. The fraction of sp³-hybridized carbons (Fsp3) is 0. The Labute approximate surface area is 332 Å². The van der Waals surface area contributed by atoms with Gasteiger partial charge in [-0.1, -0.05) is 152 Å². The number of furan rings is 2. The molecule has 0 aliphatic rings. The molecular weight excluding hydrogens is 711 g/mol. The van der Waals surface area contributed by atoms with Gasteiger partial charge in [-0.15, -0.1) is 0 Å². The summed E-state index contributed by atoms with van der Waals surface area (Å²) in [5, 5.41) is 8.83. The van der Waals surface area contributed by atoms with E-state index in [1.165, 1.54) is 16.2 Å². The van der Waals surface area contributed by atoms with E-state index in [0.29, 0.717) is 17.5 Å². The first-order valence-corrected chi connectivity index (χ1v) is 19.4. The Morgan fingerprint density at radius 1 is 0.276 bits per heavy atom. The van der Waals surface area contributed by atoms with Crippen molar-refractivity contribution in [3.8, 4) is 56.4 Å². The molecule has 0 fully saturated rings. The molecule has 0 radical (unpaired) electrons. The third-order valence-corrected chi connectivity index (χ3v) is 11.3. The van der Waals surface area contributed by atoms with Gasteiger partial charge in [0.1, 0.15) is 22.3 Å². The number of rotatable bonds is 5. The van der Waals surface area contributed by atoms with Crippen LogP contribution < -0.4 is 0 Å². The molecule has 0 spiro atoms. The first-order chi connectivity index (χ1) is 28.7. The van der Waals surface area contributed by atoms with Crippen molar-refractivity contribution < 1.29 is 8.83 Å². The summed E-state index contributed by atoms with van der Waals surface area (Å²) in [6, 6.07) is 65.1. The molecule has 0 aliphatic carbocycles. The topological polar surface area (TPSA) is 65.0 Å². The molecule has 12 rings (SSSR count). The van der Waals surface area contributed by atoms with Gasteiger partial charge in [0.2, 0.25) is 0 Å². The summed E-state index contributed by atoms with van der Waals surface area (Å²) in [5.41, 5.74) is 10.3. The molecule has 3 aromatic heterocycles. The van der Waals surface area contributed by atoms with Crippen molar-refractivity contribution in [2.75, 3.05) is 0 Å². The van der Waals surface area contributed by atoms with E-state index < -0.39 is 0 Å². The molecule has 9 aromatic carbocycles. The molecule has 0 saturated heterocycles. The van der Waals surface area contributed by atoms with E-state index in [1.54, 1.807) is 0 Å². The largest absolute Gasteiger partial charge is 0.456 e. The Hall–Kier alpha value is -7.89. The SMILES string of the molecule is c1ccc(-c2ccc3oc4cccc(-c5ccccc5-c5nc(-c6ccc7c(ccc8ccccc87)c6)nc(-c6cccc7oc8ccccc8c67)n5)c4c3c2)cc1. The van der Waals surface area contributed by atoms with Crippen LogP contribution in [0.1, 0.15) is 0 Å². The third kappa shape index (κ3) is 5.14. The Bertz CT molecular complexity index is 3580. The van der Waals surface area contributed by atoms with Crippen molar-refractivity contribution in [2.45, 2.75) is 0 Å². The molecular formula is C53H31N3O2. The summed E-state index contributed by atoms with van der Waals surface area (Å²) in [6.45, 7) is 0. The van der Waals surface area contributed by atoms with E-state index in [2.05, 4.69) is 146 Å². The van der Waals surface area contributed by atoms with Crippen LogP contribution >= 0.6 is 0 Å². The van der Waals surface area contributed by atoms with E-state index in [0.717, 1.165) is 88.2 Å². The molecule has 3 heterocycles. The van der Waals surface area contributed by atoms with Crippen LogP contribution in [0.15, 0.2) is 197 Å². The molecule has 12 aromatic rings. The number of hydrogen-bond acceptors (Lipinski definition) is 5. The van der Waals surface area contributed by atoms with Gasteiger partial charge in [-0.3, -0.25) is 0 Å². The molecule has 270 valence electrons. The van der Waals surface area contributed by atoms with Crippen LogP contribution in [0.4, 0.5) is 0 Å². The van der Waals surface area contributed by atoms with Gasteiger partial charge in [-0.05, 0) is 80.2 Å². The lowest BCUT2D eigenvalue weighted by atomic mass is 9.94. The van der Waals surface area contributed by atoms with Gasteiger partial charge >= 0.3 is 0 Å². The van der Waals surface area contributed by atoms with E-state index >= 15 is 0 Å². The van der Waals surface area contributed by atoms with Gasteiger partial charge in [0, 0.05) is 38.2 Å². The maximum absolute atomic E-state index is 6.49. The molecule has 0 atom stereocenters. The summed E-state index contributed by atoms with van der Waals surface area (Å²) < 4.78 is 12.8. The van der Waals surface area contributed by atoms with E-state index in [1.807, 2.05) is 42.5 Å². The summed E-state index contributed by atoms with van der Waals surface area (Å²) in [7, 11) is 0. The van der Waals surface area contributed by atoms with Crippen LogP contribution in [-0.2, 0) is 0 Å². The fourth-order valence-electron chi connectivity index (χ4n) is 8.63. The molecule has 0 unspecified atom stereocenters. The lowest BCUT2D eigenvalue weighted by Gasteiger charge is -2.13. The first-order valence-electron chi connectivity index (χ1n) is 19.4. The molecule has 0 amide bonds. The predicted molar refractivity (Wildman–Crippen MR) is 237 cm³/mol. The molecule has 5 heteroatoms. The minimum absolute atomic E-state index is 0.574. The number of fused-ring (bicyclic) bond motifs is 9. The average Bonchev–Trinajstić information content (AvgIpc) is 3.87. The summed E-state index contributed by atoms with van der Waals surface area (Å²) in [4.78, 5) is 15.9. The van der Waals surface area contributed by atoms with Crippen LogP contribution in [0.3, 0.4) is 0 Å². The van der Waals surface area contributed by atoms with Crippen LogP contribution in [0.2, 0.25) is 0 Å². The molecule has 0 N–H and O–H groups in total. The maximum Gasteiger partial charge on any atom is 0.164 e. The van der Waals surface area contributed by atoms with Crippen molar-refractivity contribution in [2.24, 2.45) is 0 Å². The van der Waals surface area contributed by atoms with Crippen LogP contribution in [-0.4, -0.2) is 15.0 Å². The van der Waals surface area contributed by atoms with Crippen LogP contribution in [0.5, 0.6) is 0 Å². The zero-order chi connectivity index (χ0) is 38.2. The third-order valence-electron chi connectivity index (χ3n) is 11.3. The number of para-hydroxylation sites is 1. The van der Waals surface area contributed by atoms with Crippen molar-refractivity contribution in [1.82, 2.24) is 15.0 Å². The van der Waals surface area contributed by atoms with Crippen molar-refractivity contribution >= 4 is 65.4 Å². The lowest BCUT2D eigenvalue weighted by Crippen LogP contribution is -2.01. The van der Waals surface area contributed by atoms with E-state index in [9.17, 15) is 0 Å². The van der Waals surface area contributed by atoms with E-state index in [4.69, 9.17) is 23.8 Å². The Morgan fingerprint density at radius 2 is 0.845 bits per heavy atom. The quantitative estimate of drug-likeness (QED) is 0.164. The number of benzene rings is 9. The minimum Gasteiger partial charge on any atom is -0.456 e. The summed E-state index contributed by atoms with van der Waals surface area (Å²) >= 11 is 0. The molecule has 0 bridgehead atoms. The Kier molecular flexibility index (Phi) is 7.16. The molecule has 5 nitrogen and oxygen atoms in total. The average molecular weight is 742 g/mol. The normalized spacial score (nSPS) is 11.8. The number of hydrogen-bond donors (Lipinski definition) is 0. The van der Waals surface area contributed by atoms with Crippen molar-refractivity contribution in [1.29, 1.82) is 0 Å². The van der Waals surface area contributed by atoms with Gasteiger partial charge in [0.25, 0.3) is 0 Å². The van der Waals surface area contributed by atoms with Gasteiger partial charge in [0.05, 0.1) is 0 Å². The zero-order valence-corrected chi connectivity index (χ0v) is 31.1. The summed E-state index contributed by atoms with van der Waals surface area (Å²) in [5.74, 6) is 1.74. The first kappa shape index (κ1) is 32.4. The number of aromatic nitrogens is 3. The maximum atomic E-state index is 6.49. The number of nitrogens with zero attached hydrogens (tertiary/aromatic N) is 3. The highest BCUT2D eigenvalue weighted by molar-refractivity contribution is 6.15. The van der Waals surface area contributed by atoms with Crippen LogP contribution in [0.25, 0.3) is 122 Å². The second kappa shape index (κ2) is 12.8. The smallest absolute Gasteiger partial charge is 0.164 e. The predicted octanol–water partition coefficient (Wildman–Crippen LogP) is 14.3. The van der Waals surface area contributed by atoms with Crippen molar-refractivity contribution in [3.05, 3.63) is 188 Å². The molecule has 0 saturated carbocycles. The Balaban J connectivity index is 1.10. The van der Waals surface area contributed by atoms with Crippen LogP contribution in [0, 0.1) is 0 Å².